The fourth-order valence-electron chi connectivity index (χ4n) is 6.54. The van der Waals surface area contributed by atoms with Gasteiger partial charge in [-0.3, -0.25) is 14.4 Å². The lowest BCUT2D eigenvalue weighted by atomic mass is 10.0. The topological polar surface area (TPSA) is 142 Å². The summed E-state index contributed by atoms with van der Waals surface area (Å²) in [5, 5.41) is 22.5. The zero-order valence-electron chi connectivity index (χ0n) is 33.1. The summed E-state index contributed by atoms with van der Waals surface area (Å²) in [6.07, 6.45) is 37.0. The van der Waals surface area contributed by atoms with Crippen LogP contribution in [0.2, 0.25) is 0 Å². The largest absolute Gasteiger partial charge is 0.480 e. The zero-order chi connectivity index (χ0) is 37.6. The van der Waals surface area contributed by atoms with E-state index in [0.29, 0.717) is 19.3 Å². The maximum Gasteiger partial charge on any atom is 0.328 e. The molecule has 2 amide bonds. The van der Waals surface area contributed by atoms with E-state index in [0.717, 1.165) is 57.8 Å². The summed E-state index contributed by atoms with van der Waals surface area (Å²) in [5.41, 5.74) is 0. The molecule has 9 nitrogen and oxygen atoms in total. The Morgan fingerprint density at radius 3 is 1.27 bits per heavy atom. The first-order valence-corrected chi connectivity index (χ1v) is 21.4. The molecule has 300 valence electrons. The van der Waals surface area contributed by atoms with Crippen LogP contribution in [0.1, 0.15) is 219 Å². The van der Waals surface area contributed by atoms with Gasteiger partial charge in [0.2, 0.25) is 11.8 Å². The number of unbranched alkanes of at least 4 members (excludes halogenated alkanes) is 25. The fourth-order valence-corrected chi connectivity index (χ4v) is 6.54. The third kappa shape index (κ3) is 34.7. The molecule has 0 rings (SSSR count). The van der Waals surface area contributed by atoms with Crippen LogP contribution in [-0.4, -0.2) is 59.3 Å². The Morgan fingerprint density at radius 2 is 0.882 bits per heavy atom. The van der Waals surface area contributed by atoms with Crippen LogP contribution in [0.5, 0.6) is 0 Å². The summed E-state index contributed by atoms with van der Waals surface area (Å²) in [6.45, 7) is 3.49. The van der Waals surface area contributed by atoms with Crippen molar-refractivity contribution in [3.63, 3.8) is 0 Å². The van der Waals surface area contributed by atoms with Crippen LogP contribution in [0.3, 0.4) is 0 Å². The number of carboxylic acid groups (broad SMARTS) is 1. The number of rotatable bonds is 39. The van der Waals surface area contributed by atoms with E-state index in [1.54, 1.807) is 0 Å². The van der Waals surface area contributed by atoms with E-state index < -0.39 is 24.5 Å². The summed E-state index contributed by atoms with van der Waals surface area (Å²) < 4.78 is 6.02. The molecule has 0 aliphatic carbocycles. The van der Waals surface area contributed by atoms with Crippen molar-refractivity contribution in [3.8, 4) is 0 Å². The zero-order valence-corrected chi connectivity index (χ0v) is 33.1. The molecule has 0 aromatic carbocycles. The second-order valence-corrected chi connectivity index (χ2v) is 14.8. The molecular weight excluding hydrogens is 644 g/mol. The summed E-state index contributed by atoms with van der Waals surface area (Å²) in [6, 6.07) is -1.38. The second kappa shape index (κ2) is 37.6. The first-order valence-electron chi connectivity index (χ1n) is 21.4. The molecule has 0 aliphatic heterocycles. The number of carbonyl (C=O) groups is 4. The standard InChI is InChI=1S/C42H80N2O7/c1-3-5-7-9-11-13-15-16-17-19-21-26-30-34-41(48)51-37(31-27-23-20-18-14-12-10-8-6-4-2)32-28-24-22-25-29-33-39(46)43-35-40(47)44-38(36-45)42(49)50/h37-38,45H,3-36H2,1-2H3,(H,43,46)(H,44,47)(H,49,50). The number of aliphatic hydroxyl groups excluding tert-OH is 1. The van der Waals surface area contributed by atoms with Crippen LogP contribution in [0, 0.1) is 0 Å². The molecule has 0 aromatic rings. The van der Waals surface area contributed by atoms with Crippen LogP contribution in [-0.2, 0) is 23.9 Å². The van der Waals surface area contributed by atoms with Gasteiger partial charge in [-0.15, -0.1) is 0 Å². The predicted octanol–water partition coefficient (Wildman–Crippen LogP) is 10.1. The van der Waals surface area contributed by atoms with Crippen LogP contribution < -0.4 is 10.6 Å². The van der Waals surface area contributed by atoms with Crippen LogP contribution in [0.25, 0.3) is 0 Å². The van der Waals surface area contributed by atoms with E-state index in [1.165, 1.54) is 128 Å². The van der Waals surface area contributed by atoms with E-state index >= 15 is 0 Å². The van der Waals surface area contributed by atoms with E-state index in [4.69, 9.17) is 14.9 Å². The Kier molecular flexibility index (Phi) is 36.0. The second-order valence-electron chi connectivity index (χ2n) is 14.8. The minimum atomic E-state index is -1.38. The molecule has 0 saturated heterocycles. The van der Waals surface area contributed by atoms with Crippen LogP contribution >= 0.6 is 0 Å². The number of carbonyl (C=O) groups excluding carboxylic acids is 3. The van der Waals surface area contributed by atoms with Gasteiger partial charge in [0.25, 0.3) is 0 Å². The highest BCUT2D eigenvalue weighted by atomic mass is 16.5. The third-order valence-electron chi connectivity index (χ3n) is 9.85. The highest BCUT2D eigenvalue weighted by molar-refractivity contribution is 5.87. The number of hydrogen-bond donors (Lipinski definition) is 4. The summed E-state index contributed by atoms with van der Waals surface area (Å²) >= 11 is 0. The SMILES string of the molecule is CCCCCCCCCCCCCCCC(=O)OC(CCCCCCCCCCCC)CCCCCCCC(=O)NCC(=O)NC(CO)C(=O)O. The van der Waals surface area contributed by atoms with Crippen molar-refractivity contribution in [1.82, 2.24) is 10.6 Å². The molecule has 0 heterocycles. The lowest BCUT2D eigenvalue weighted by Gasteiger charge is -2.18. The Hall–Kier alpha value is -2.16. The molecule has 4 N–H and O–H groups in total. The van der Waals surface area contributed by atoms with Crippen molar-refractivity contribution in [2.45, 2.75) is 231 Å². The maximum atomic E-state index is 12.7. The summed E-state index contributed by atoms with van der Waals surface area (Å²) in [7, 11) is 0. The number of aliphatic hydroxyl groups is 1. The highest BCUT2D eigenvalue weighted by Crippen LogP contribution is 2.19. The first kappa shape index (κ1) is 48.8. The molecule has 0 aromatic heterocycles. The summed E-state index contributed by atoms with van der Waals surface area (Å²) in [4.78, 5) is 47.5. The van der Waals surface area contributed by atoms with Crippen molar-refractivity contribution in [1.29, 1.82) is 0 Å². The minimum absolute atomic E-state index is 0.00278. The predicted molar refractivity (Wildman–Crippen MR) is 209 cm³/mol. The molecular formula is C42H80N2O7. The van der Waals surface area contributed by atoms with E-state index in [-0.39, 0.29) is 24.5 Å². The van der Waals surface area contributed by atoms with Gasteiger partial charge in [0, 0.05) is 12.8 Å². The molecule has 0 fully saturated rings. The fraction of sp³-hybridized carbons (Fsp3) is 0.905. The first-order chi connectivity index (χ1) is 24.8. The number of aliphatic carboxylic acids is 1. The lowest BCUT2D eigenvalue weighted by molar-refractivity contribution is -0.150. The lowest BCUT2D eigenvalue weighted by Crippen LogP contribution is -2.47. The quantitative estimate of drug-likeness (QED) is 0.0365. The van der Waals surface area contributed by atoms with Crippen molar-refractivity contribution < 1.29 is 34.1 Å². The van der Waals surface area contributed by atoms with E-state index in [9.17, 15) is 19.2 Å². The van der Waals surface area contributed by atoms with Gasteiger partial charge in [0.1, 0.15) is 12.1 Å². The molecule has 0 radical (unpaired) electrons. The Bertz CT molecular complexity index is 838. The monoisotopic (exact) mass is 725 g/mol. The molecule has 2 unspecified atom stereocenters. The number of carboxylic acids is 1. The smallest absolute Gasteiger partial charge is 0.328 e. The van der Waals surface area contributed by atoms with Gasteiger partial charge in [-0.25, -0.2) is 4.79 Å². The van der Waals surface area contributed by atoms with Gasteiger partial charge in [-0.1, -0.05) is 168 Å². The minimum Gasteiger partial charge on any atom is -0.480 e. The van der Waals surface area contributed by atoms with E-state index in [2.05, 4.69) is 24.5 Å². The molecule has 0 bridgehead atoms. The van der Waals surface area contributed by atoms with Crippen LogP contribution in [0.4, 0.5) is 0 Å². The van der Waals surface area contributed by atoms with Gasteiger partial charge < -0.3 is 25.6 Å². The number of nitrogens with one attached hydrogen (secondary N) is 2. The molecule has 2 atom stereocenters. The Morgan fingerprint density at radius 1 is 0.510 bits per heavy atom. The summed E-state index contributed by atoms with van der Waals surface area (Å²) in [5.74, 6) is -2.27. The third-order valence-corrected chi connectivity index (χ3v) is 9.85. The molecule has 51 heavy (non-hydrogen) atoms. The van der Waals surface area contributed by atoms with E-state index in [1.807, 2.05) is 0 Å². The van der Waals surface area contributed by atoms with Gasteiger partial charge in [-0.05, 0) is 38.5 Å². The Balaban J connectivity index is 4.24. The average molecular weight is 725 g/mol. The number of ether oxygens (including phenoxy) is 1. The van der Waals surface area contributed by atoms with Crippen molar-refractivity contribution in [2.24, 2.45) is 0 Å². The van der Waals surface area contributed by atoms with Gasteiger partial charge in [0.05, 0.1) is 13.2 Å². The number of hydrogen-bond acceptors (Lipinski definition) is 6. The Labute approximate surface area is 312 Å². The van der Waals surface area contributed by atoms with Crippen LogP contribution in [0.15, 0.2) is 0 Å². The normalized spacial score (nSPS) is 12.4. The number of amides is 2. The van der Waals surface area contributed by atoms with Crippen molar-refractivity contribution in [3.05, 3.63) is 0 Å². The maximum absolute atomic E-state index is 12.7. The molecule has 9 heteroatoms. The molecule has 0 spiro atoms. The molecule has 0 aliphatic rings. The number of esters is 1. The average Bonchev–Trinajstić information content (AvgIpc) is 3.11. The van der Waals surface area contributed by atoms with Crippen molar-refractivity contribution in [2.75, 3.05) is 13.2 Å². The van der Waals surface area contributed by atoms with Crippen molar-refractivity contribution >= 4 is 23.8 Å². The highest BCUT2D eigenvalue weighted by Gasteiger charge is 2.19. The molecule has 0 saturated carbocycles. The van der Waals surface area contributed by atoms with Gasteiger partial charge in [-0.2, -0.15) is 0 Å². The van der Waals surface area contributed by atoms with Gasteiger partial charge >= 0.3 is 11.9 Å². The van der Waals surface area contributed by atoms with Gasteiger partial charge in [0.15, 0.2) is 0 Å².